The molecule has 1 aliphatic rings. The van der Waals surface area contributed by atoms with E-state index in [-0.39, 0.29) is 5.56 Å². The lowest BCUT2D eigenvalue weighted by molar-refractivity contribution is 0.0476. The van der Waals surface area contributed by atoms with Crippen molar-refractivity contribution in [3.8, 4) is 11.1 Å². The fourth-order valence-electron chi connectivity index (χ4n) is 4.31. The van der Waals surface area contributed by atoms with Crippen molar-refractivity contribution >= 4 is 11.4 Å². The Morgan fingerprint density at radius 3 is 2.59 bits per heavy atom. The molecule has 8 heteroatoms. The van der Waals surface area contributed by atoms with Crippen molar-refractivity contribution in [3.63, 3.8) is 0 Å². The predicted molar refractivity (Wildman–Crippen MR) is 118 cm³/mol. The molecule has 1 N–H and O–H groups in total. The maximum atomic E-state index is 14.2. The van der Waals surface area contributed by atoms with Gasteiger partial charge in [0, 0.05) is 29.2 Å². The Balaban J connectivity index is 1.86. The van der Waals surface area contributed by atoms with E-state index < -0.39 is 30.7 Å². The fraction of sp³-hybridized carbons (Fsp3) is 0.417. The molecule has 5 nitrogen and oxygen atoms in total. The van der Waals surface area contributed by atoms with Gasteiger partial charge < -0.3 is 14.6 Å². The number of carbonyl (C=O) groups is 1. The maximum Gasteiger partial charge on any atom is 0.255 e. The quantitative estimate of drug-likeness (QED) is 0.590. The van der Waals surface area contributed by atoms with Crippen molar-refractivity contribution in [2.24, 2.45) is 5.92 Å². The minimum absolute atomic E-state index is 0.0743. The van der Waals surface area contributed by atoms with E-state index in [2.05, 4.69) is 14.7 Å². The number of aromatic nitrogens is 2. The smallest absolute Gasteiger partial charge is 0.255 e. The van der Waals surface area contributed by atoms with E-state index in [0.717, 1.165) is 52.9 Å². The van der Waals surface area contributed by atoms with E-state index in [1.165, 1.54) is 6.07 Å². The van der Waals surface area contributed by atoms with Gasteiger partial charge in [0.15, 0.2) is 0 Å². The van der Waals surface area contributed by atoms with Gasteiger partial charge in [0.2, 0.25) is 0 Å². The summed E-state index contributed by atoms with van der Waals surface area (Å²) in [5.41, 5.74) is 4.17. The van der Waals surface area contributed by atoms with Gasteiger partial charge in [-0.3, -0.25) is 9.78 Å². The predicted octanol–water partition coefficient (Wildman–Crippen LogP) is 4.33. The van der Waals surface area contributed by atoms with Crippen LogP contribution in [0, 0.1) is 18.7 Å². The molecule has 0 radical (unpaired) electrons. The Hall–Kier alpha value is -2.87. The third-order valence-electron chi connectivity index (χ3n) is 6.01. The summed E-state index contributed by atoms with van der Waals surface area (Å²) in [7, 11) is 0. The number of rotatable bonds is 7. The summed E-state index contributed by atoms with van der Waals surface area (Å²) >= 11 is 0. The van der Waals surface area contributed by atoms with Crippen molar-refractivity contribution in [2.45, 2.75) is 39.7 Å². The zero-order chi connectivity index (χ0) is 23.0. The number of nitrogens with one attached hydrogen (secondary N) is 1. The van der Waals surface area contributed by atoms with Crippen LogP contribution in [-0.2, 0) is 6.42 Å². The zero-order valence-corrected chi connectivity index (χ0v) is 18.4. The molecular weight excluding hydrogens is 417 g/mol. The Labute approximate surface area is 185 Å². The second-order valence-electron chi connectivity index (χ2n) is 8.68. The number of amides is 1. The largest absolute Gasteiger partial charge is 0.330 e. The lowest BCUT2D eigenvalue weighted by atomic mass is 9.95. The molecule has 0 atom stereocenters. The molecule has 2 aromatic heterocycles. The maximum absolute atomic E-state index is 14.2. The summed E-state index contributed by atoms with van der Waals surface area (Å²) in [6, 6.07) is 5.54. The van der Waals surface area contributed by atoms with E-state index in [0.29, 0.717) is 11.5 Å². The van der Waals surface area contributed by atoms with Gasteiger partial charge in [-0.1, -0.05) is 6.07 Å². The lowest BCUT2D eigenvalue weighted by Gasteiger charge is -2.27. The molecule has 170 valence electrons. The molecule has 1 amide bonds. The van der Waals surface area contributed by atoms with Crippen LogP contribution >= 0.6 is 0 Å². The molecule has 3 aromatic rings. The van der Waals surface area contributed by atoms with Gasteiger partial charge >= 0.3 is 0 Å². The molecule has 1 fully saturated rings. The van der Waals surface area contributed by atoms with Crippen LogP contribution in [0.3, 0.4) is 0 Å². The van der Waals surface area contributed by atoms with Crippen LogP contribution in [0.1, 0.15) is 35.6 Å². The normalized spacial score (nSPS) is 14.4. The monoisotopic (exact) mass is 444 g/mol. The second kappa shape index (κ2) is 8.94. The number of hydrogen-bond acceptors (Lipinski definition) is 3. The van der Waals surface area contributed by atoms with Gasteiger partial charge in [-0.25, -0.2) is 13.2 Å². The zero-order valence-electron chi connectivity index (χ0n) is 18.4. The molecule has 1 saturated heterocycles. The average Bonchev–Trinajstić information content (AvgIpc) is 3.07. The first kappa shape index (κ1) is 22.3. The number of aryl methyl sites for hydroxylation is 1. The van der Waals surface area contributed by atoms with E-state index in [9.17, 15) is 18.0 Å². The molecule has 0 bridgehead atoms. The Bertz CT molecular complexity index is 1140. The van der Waals surface area contributed by atoms with Crippen molar-refractivity contribution in [3.05, 3.63) is 59.4 Å². The van der Waals surface area contributed by atoms with Gasteiger partial charge in [-0.05, 0) is 70.0 Å². The van der Waals surface area contributed by atoms with Gasteiger partial charge in [-0.15, -0.1) is 0 Å². The SMILES string of the molecule is Cc1cncc2c(-c3ccc(F)cc3C(=O)N(CC(F)F)C(C)C)cc(CC3CNC3)n12. The molecule has 0 aliphatic carbocycles. The standard InChI is InChI=1S/C24H27F3N4O/c1-14(2)30(13-23(26)27)24(32)21-7-17(25)4-5-19(21)20-8-18(6-16-10-29-11-16)31-15(3)9-28-12-22(20)31/h4-5,7-9,12,14,16,23,29H,6,10-11,13H2,1-3H3. The summed E-state index contributed by atoms with van der Waals surface area (Å²) in [6.07, 6.45) is 1.68. The minimum Gasteiger partial charge on any atom is -0.330 e. The van der Waals surface area contributed by atoms with Gasteiger partial charge in [0.25, 0.3) is 12.3 Å². The van der Waals surface area contributed by atoms with Gasteiger partial charge in [-0.2, -0.15) is 0 Å². The molecule has 0 saturated carbocycles. The van der Waals surface area contributed by atoms with E-state index in [4.69, 9.17) is 0 Å². The van der Waals surface area contributed by atoms with Crippen LogP contribution in [0.5, 0.6) is 0 Å². The number of benzene rings is 1. The topological polar surface area (TPSA) is 49.6 Å². The molecule has 4 rings (SSSR count). The van der Waals surface area contributed by atoms with Gasteiger partial charge in [0.05, 0.1) is 23.8 Å². The molecule has 32 heavy (non-hydrogen) atoms. The molecule has 3 heterocycles. The molecule has 0 unspecified atom stereocenters. The average molecular weight is 445 g/mol. The summed E-state index contributed by atoms with van der Waals surface area (Å²) in [6.45, 7) is 6.50. The summed E-state index contributed by atoms with van der Waals surface area (Å²) in [5, 5.41) is 3.28. The fourth-order valence-corrected chi connectivity index (χ4v) is 4.31. The van der Waals surface area contributed by atoms with Crippen molar-refractivity contribution in [1.82, 2.24) is 19.6 Å². The number of alkyl halides is 2. The molecule has 1 aromatic carbocycles. The number of carbonyl (C=O) groups excluding carboxylic acids is 1. The molecule has 1 aliphatic heterocycles. The highest BCUT2D eigenvalue weighted by molar-refractivity contribution is 6.03. The Morgan fingerprint density at radius 1 is 1.22 bits per heavy atom. The first-order valence-corrected chi connectivity index (χ1v) is 10.8. The molecule has 0 spiro atoms. The third-order valence-corrected chi connectivity index (χ3v) is 6.01. The number of halogens is 3. The first-order valence-electron chi connectivity index (χ1n) is 10.8. The Kier molecular flexibility index (Phi) is 6.24. The summed E-state index contributed by atoms with van der Waals surface area (Å²) < 4.78 is 42.6. The van der Waals surface area contributed by atoms with Gasteiger partial charge in [0.1, 0.15) is 5.82 Å². The van der Waals surface area contributed by atoms with Crippen LogP contribution in [0.4, 0.5) is 13.2 Å². The van der Waals surface area contributed by atoms with Crippen LogP contribution in [0.25, 0.3) is 16.6 Å². The number of nitrogens with zero attached hydrogens (tertiary/aromatic N) is 3. The third kappa shape index (κ3) is 4.24. The second-order valence-corrected chi connectivity index (χ2v) is 8.68. The highest BCUT2D eigenvalue weighted by Crippen LogP contribution is 2.34. The highest BCUT2D eigenvalue weighted by Gasteiger charge is 2.27. The van der Waals surface area contributed by atoms with Crippen LogP contribution in [0.15, 0.2) is 36.7 Å². The lowest BCUT2D eigenvalue weighted by Crippen LogP contribution is -2.43. The van der Waals surface area contributed by atoms with E-state index in [1.807, 2.05) is 13.0 Å². The molecular formula is C24H27F3N4O. The van der Waals surface area contributed by atoms with Crippen molar-refractivity contribution < 1.29 is 18.0 Å². The van der Waals surface area contributed by atoms with Crippen LogP contribution in [0.2, 0.25) is 0 Å². The minimum atomic E-state index is -2.68. The van der Waals surface area contributed by atoms with Crippen LogP contribution < -0.4 is 5.32 Å². The highest BCUT2D eigenvalue weighted by atomic mass is 19.3. The van der Waals surface area contributed by atoms with Crippen molar-refractivity contribution in [1.29, 1.82) is 0 Å². The first-order chi connectivity index (χ1) is 15.3. The summed E-state index contributed by atoms with van der Waals surface area (Å²) in [5.74, 6) is -0.679. The number of hydrogen-bond donors (Lipinski definition) is 1. The van der Waals surface area contributed by atoms with E-state index in [1.54, 1.807) is 32.3 Å². The van der Waals surface area contributed by atoms with E-state index >= 15 is 0 Å². The summed E-state index contributed by atoms with van der Waals surface area (Å²) in [4.78, 5) is 18.7. The van der Waals surface area contributed by atoms with Crippen LogP contribution in [-0.4, -0.2) is 52.3 Å². The Morgan fingerprint density at radius 2 is 1.97 bits per heavy atom. The van der Waals surface area contributed by atoms with Crippen molar-refractivity contribution in [2.75, 3.05) is 19.6 Å². The number of fused-ring (bicyclic) bond motifs is 1.